The molecular formula is C14H16Br2FNO. The van der Waals surface area contributed by atoms with Gasteiger partial charge < -0.3 is 4.90 Å². The SMILES string of the molecule is CN(C(=O)c1cc(F)ccc1Br)C1CCCCC1Br. The third-order valence-electron chi connectivity index (χ3n) is 3.62. The van der Waals surface area contributed by atoms with Crippen molar-refractivity contribution in [2.45, 2.75) is 36.6 Å². The quantitative estimate of drug-likeness (QED) is 0.684. The molecule has 19 heavy (non-hydrogen) atoms. The van der Waals surface area contributed by atoms with Crippen molar-refractivity contribution in [3.05, 3.63) is 34.1 Å². The fraction of sp³-hybridized carbons (Fsp3) is 0.500. The molecule has 1 saturated carbocycles. The van der Waals surface area contributed by atoms with Gasteiger partial charge in [0.25, 0.3) is 5.91 Å². The van der Waals surface area contributed by atoms with Gasteiger partial charge in [0.05, 0.1) is 5.56 Å². The maximum Gasteiger partial charge on any atom is 0.255 e. The van der Waals surface area contributed by atoms with Gasteiger partial charge in [-0.05, 0) is 47.0 Å². The Labute approximate surface area is 129 Å². The number of carbonyl (C=O) groups excluding carboxylic acids is 1. The van der Waals surface area contributed by atoms with Crippen LogP contribution in [0.25, 0.3) is 0 Å². The minimum Gasteiger partial charge on any atom is -0.338 e. The van der Waals surface area contributed by atoms with Gasteiger partial charge in [-0.2, -0.15) is 0 Å². The van der Waals surface area contributed by atoms with Crippen molar-refractivity contribution in [1.29, 1.82) is 0 Å². The van der Waals surface area contributed by atoms with E-state index in [9.17, 15) is 9.18 Å². The lowest BCUT2D eigenvalue weighted by Gasteiger charge is -2.35. The second kappa shape index (κ2) is 6.35. The predicted molar refractivity (Wildman–Crippen MR) is 81.2 cm³/mol. The molecule has 1 aromatic rings. The number of halogens is 3. The zero-order chi connectivity index (χ0) is 14.0. The largest absolute Gasteiger partial charge is 0.338 e. The number of alkyl halides is 1. The van der Waals surface area contributed by atoms with Gasteiger partial charge in [0.1, 0.15) is 5.82 Å². The molecule has 0 aromatic heterocycles. The zero-order valence-corrected chi connectivity index (χ0v) is 13.9. The fourth-order valence-corrected chi connectivity index (χ4v) is 3.86. The zero-order valence-electron chi connectivity index (χ0n) is 10.7. The minimum absolute atomic E-state index is 0.136. The van der Waals surface area contributed by atoms with E-state index in [1.54, 1.807) is 18.0 Å². The van der Waals surface area contributed by atoms with Gasteiger partial charge in [-0.3, -0.25) is 4.79 Å². The highest BCUT2D eigenvalue weighted by Gasteiger charge is 2.30. The van der Waals surface area contributed by atoms with Gasteiger partial charge in [0.15, 0.2) is 0 Å². The third kappa shape index (κ3) is 3.37. The molecule has 1 aliphatic carbocycles. The van der Waals surface area contributed by atoms with Crippen LogP contribution in [0.1, 0.15) is 36.0 Å². The fourth-order valence-electron chi connectivity index (χ4n) is 2.50. The summed E-state index contributed by atoms with van der Waals surface area (Å²) in [5.74, 6) is -0.526. The first-order valence-corrected chi connectivity index (χ1v) is 8.08. The molecule has 0 aliphatic heterocycles. The van der Waals surface area contributed by atoms with Crippen LogP contribution in [0.4, 0.5) is 4.39 Å². The minimum atomic E-state index is -0.390. The molecular weight excluding hydrogens is 377 g/mol. The van der Waals surface area contributed by atoms with E-state index in [-0.39, 0.29) is 17.8 Å². The molecule has 0 saturated heterocycles. The molecule has 2 nitrogen and oxygen atoms in total. The Morgan fingerprint density at radius 1 is 1.37 bits per heavy atom. The van der Waals surface area contributed by atoms with E-state index in [1.165, 1.54) is 18.6 Å². The topological polar surface area (TPSA) is 20.3 Å². The van der Waals surface area contributed by atoms with Gasteiger partial charge >= 0.3 is 0 Å². The normalized spacial score (nSPS) is 23.2. The Bertz CT molecular complexity index is 481. The van der Waals surface area contributed by atoms with Crippen LogP contribution in [0.3, 0.4) is 0 Å². The van der Waals surface area contributed by atoms with Crippen LogP contribution < -0.4 is 0 Å². The van der Waals surface area contributed by atoms with Crippen molar-refractivity contribution in [2.75, 3.05) is 7.05 Å². The van der Waals surface area contributed by atoms with Crippen molar-refractivity contribution >= 4 is 37.8 Å². The number of amides is 1. The standard InChI is InChI=1S/C14H16Br2FNO/c1-18(13-5-3-2-4-12(13)16)14(19)10-8-9(17)6-7-11(10)15/h6-8,12-13H,2-5H2,1H3. The summed E-state index contributed by atoms with van der Waals surface area (Å²) in [4.78, 5) is 14.5. The first-order chi connectivity index (χ1) is 9.00. The lowest BCUT2D eigenvalue weighted by atomic mass is 9.94. The lowest BCUT2D eigenvalue weighted by molar-refractivity contribution is 0.0703. The van der Waals surface area contributed by atoms with Gasteiger partial charge in [-0.1, -0.05) is 28.8 Å². The van der Waals surface area contributed by atoms with E-state index in [4.69, 9.17) is 0 Å². The summed E-state index contributed by atoms with van der Waals surface area (Å²) in [6.45, 7) is 0. The van der Waals surface area contributed by atoms with E-state index in [2.05, 4.69) is 31.9 Å². The second-order valence-electron chi connectivity index (χ2n) is 4.91. The molecule has 5 heteroatoms. The summed E-state index contributed by atoms with van der Waals surface area (Å²) in [6.07, 6.45) is 4.39. The predicted octanol–water partition coefficient (Wildman–Crippen LogP) is 4.37. The molecule has 1 aliphatic rings. The molecule has 104 valence electrons. The number of hydrogen-bond donors (Lipinski definition) is 0. The summed E-state index contributed by atoms with van der Waals surface area (Å²) in [7, 11) is 1.80. The second-order valence-corrected chi connectivity index (χ2v) is 6.94. The van der Waals surface area contributed by atoms with Crippen molar-refractivity contribution in [3.63, 3.8) is 0 Å². The van der Waals surface area contributed by atoms with Crippen LogP contribution in [0.2, 0.25) is 0 Å². The smallest absolute Gasteiger partial charge is 0.255 e. The summed E-state index contributed by atoms with van der Waals surface area (Å²) < 4.78 is 13.9. The van der Waals surface area contributed by atoms with Gasteiger partial charge in [0.2, 0.25) is 0 Å². The molecule has 0 radical (unpaired) electrons. The van der Waals surface area contributed by atoms with E-state index in [1.807, 2.05) is 0 Å². The maximum absolute atomic E-state index is 13.3. The molecule has 2 rings (SSSR count). The Kier molecular flexibility index (Phi) is 5.01. The third-order valence-corrected chi connectivity index (χ3v) is 5.38. The van der Waals surface area contributed by atoms with Crippen LogP contribution in [0.5, 0.6) is 0 Å². The Morgan fingerprint density at radius 3 is 2.74 bits per heavy atom. The van der Waals surface area contributed by atoms with Crippen LogP contribution in [0, 0.1) is 5.82 Å². The first kappa shape index (κ1) is 15.0. The summed E-state index contributed by atoms with van der Waals surface area (Å²) in [6, 6.07) is 4.38. The molecule has 2 unspecified atom stereocenters. The summed E-state index contributed by atoms with van der Waals surface area (Å²) in [5, 5.41) is 0. The van der Waals surface area contributed by atoms with Crippen LogP contribution in [-0.4, -0.2) is 28.7 Å². The summed E-state index contributed by atoms with van der Waals surface area (Å²) in [5.41, 5.74) is 0.382. The number of rotatable bonds is 2. The van der Waals surface area contributed by atoms with Crippen LogP contribution >= 0.6 is 31.9 Å². The first-order valence-electron chi connectivity index (χ1n) is 6.37. The van der Waals surface area contributed by atoms with Crippen molar-refractivity contribution in [3.8, 4) is 0 Å². The Morgan fingerprint density at radius 2 is 2.05 bits per heavy atom. The average molecular weight is 393 g/mol. The van der Waals surface area contributed by atoms with Crippen LogP contribution in [0.15, 0.2) is 22.7 Å². The number of hydrogen-bond acceptors (Lipinski definition) is 1. The summed E-state index contributed by atoms with van der Waals surface area (Å²) >= 11 is 6.96. The number of benzene rings is 1. The van der Waals surface area contributed by atoms with Gasteiger partial charge in [-0.15, -0.1) is 0 Å². The molecule has 1 aromatic carbocycles. The average Bonchev–Trinajstić information content (AvgIpc) is 2.40. The molecule has 1 fully saturated rings. The van der Waals surface area contributed by atoms with Crippen LogP contribution in [-0.2, 0) is 0 Å². The van der Waals surface area contributed by atoms with E-state index < -0.39 is 0 Å². The monoisotopic (exact) mass is 391 g/mol. The van der Waals surface area contributed by atoms with Crippen molar-refractivity contribution < 1.29 is 9.18 Å². The molecule has 0 heterocycles. The molecule has 2 atom stereocenters. The van der Waals surface area contributed by atoms with E-state index >= 15 is 0 Å². The Hall–Kier alpha value is -0.420. The van der Waals surface area contributed by atoms with Gasteiger partial charge in [-0.25, -0.2) is 4.39 Å². The molecule has 0 spiro atoms. The molecule has 0 N–H and O–H groups in total. The van der Waals surface area contributed by atoms with E-state index in [0.29, 0.717) is 14.9 Å². The lowest BCUT2D eigenvalue weighted by Crippen LogP contribution is -2.44. The Balaban J connectivity index is 2.20. The molecule has 1 amide bonds. The van der Waals surface area contributed by atoms with E-state index in [0.717, 1.165) is 19.3 Å². The number of nitrogens with zero attached hydrogens (tertiary/aromatic N) is 1. The van der Waals surface area contributed by atoms with Gasteiger partial charge in [0, 0.05) is 22.4 Å². The maximum atomic E-state index is 13.3. The highest BCUT2D eigenvalue weighted by Crippen LogP contribution is 2.29. The number of carbonyl (C=O) groups is 1. The van der Waals surface area contributed by atoms with Crippen molar-refractivity contribution in [2.24, 2.45) is 0 Å². The highest BCUT2D eigenvalue weighted by molar-refractivity contribution is 9.10. The molecule has 0 bridgehead atoms. The van der Waals surface area contributed by atoms with Crippen molar-refractivity contribution in [1.82, 2.24) is 4.90 Å². The highest BCUT2D eigenvalue weighted by atomic mass is 79.9.